The van der Waals surface area contributed by atoms with Gasteiger partial charge < -0.3 is 11.1 Å². The van der Waals surface area contributed by atoms with E-state index in [1.54, 1.807) is 0 Å². The number of fused-ring (bicyclic) bond motifs is 1. The van der Waals surface area contributed by atoms with Crippen LogP contribution in [0.3, 0.4) is 0 Å². The van der Waals surface area contributed by atoms with Crippen LogP contribution in [0.15, 0.2) is 6.20 Å². The van der Waals surface area contributed by atoms with Crippen molar-refractivity contribution in [1.29, 1.82) is 0 Å². The molecule has 1 amide bonds. The van der Waals surface area contributed by atoms with Gasteiger partial charge in [-0.3, -0.25) is 9.48 Å². The average Bonchev–Trinajstić information content (AvgIpc) is 2.81. The molecule has 2 atom stereocenters. The first-order valence-electron chi connectivity index (χ1n) is 7.08. The SMILES string of the molecule is CC(CN)C(=O)NC1CCc2cn(C(C)C)nc2C1. The highest BCUT2D eigenvalue weighted by molar-refractivity contribution is 5.78. The molecule has 0 spiro atoms. The van der Waals surface area contributed by atoms with Crippen LogP contribution in [0, 0.1) is 5.92 Å². The highest BCUT2D eigenvalue weighted by atomic mass is 16.1. The third-order valence-corrected chi connectivity index (χ3v) is 3.77. The van der Waals surface area contributed by atoms with Crippen LogP contribution < -0.4 is 11.1 Å². The molecule has 5 heteroatoms. The van der Waals surface area contributed by atoms with Crippen LogP contribution in [-0.4, -0.2) is 28.3 Å². The van der Waals surface area contributed by atoms with Crippen LogP contribution in [0.2, 0.25) is 0 Å². The molecule has 0 saturated carbocycles. The Hall–Kier alpha value is -1.36. The van der Waals surface area contributed by atoms with Gasteiger partial charge in [-0.15, -0.1) is 0 Å². The Labute approximate surface area is 114 Å². The van der Waals surface area contributed by atoms with Crippen LogP contribution in [0.4, 0.5) is 0 Å². The van der Waals surface area contributed by atoms with Gasteiger partial charge in [-0.2, -0.15) is 5.10 Å². The number of nitrogens with two attached hydrogens (primary N) is 1. The molecule has 0 saturated heterocycles. The number of aromatic nitrogens is 2. The zero-order valence-electron chi connectivity index (χ0n) is 12.0. The molecule has 1 aliphatic carbocycles. The highest BCUT2D eigenvalue weighted by Gasteiger charge is 2.24. The maximum Gasteiger partial charge on any atom is 0.224 e. The molecule has 0 radical (unpaired) electrons. The van der Waals surface area contributed by atoms with Crippen LogP contribution in [-0.2, 0) is 17.6 Å². The van der Waals surface area contributed by atoms with Crippen molar-refractivity contribution in [1.82, 2.24) is 15.1 Å². The van der Waals surface area contributed by atoms with Crippen LogP contribution in [0.25, 0.3) is 0 Å². The molecule has 0 aromatic carbocycles. The minimum atomic E-state index is -0.116. The number of nitrogens with one attached hydrogen (secondary N) is 1. The normalized spacial score (nSPS) is 20.2. The third kappa shape index (κ3) is 3.15. The lowest BCUT2D eigenvalue weighted by Gasteiger charge is -2.23. The Balaban J connectivity index is 2.00. The molecule has 106 valence electrons. The number of carbonyl (C=O) groups excluding carboxylic acids is 1. The number of carbonyl (C=O) groups is 1. The fraction of sp³-hybridized carbons (Fsp3) is 0.714. The van der Waals surface area contributed by atoms with E-state index in [1.165, 1.54) is 5.56 Å². The number of amides is 1. The molecular formula is C14H24N4O. The molecule has 1 aliphatic rings. The van der Waals surface area contributed by atoms with Crippen LogP contribution in [0.1, 0.15) is 44.5 Å². The summed E-state index contributed by atoms with van der Waals surface area (Å²) in [6.07, 6.45) is 4.95. The monoisotopic (exact) mass is 264 g/mol. The summed E-state index contributed by atoms with van der Waals surface area (Å²) in [7, 11) is 0. The molecule has 5 nitrogen and oxygen atoms in total. The van der Waals surface area contributed by atoms with E-state index in [2.05, 4.69) is 30.5 Å². The largest absolute Gasteiger partial charge is 0.353 e. The predicted molar refractivity (Wildman–Crippen MR) is 74.8 cm³/mol. The lowest BCUT2D eigenvalue weighted by molar-refractivity contribution is -0.125. The van der Waals surface area contributed by atoms with E-state index in [0.29, 0.717) is 12.6 Å². The molecule has 1 heterocycles. The first-order valence-corrected chi connectivity index (χ1v) is 7.08. The van der Waals surface area contributed by atoms with Gasteiger partial charge in [-0.05, 0) is 32.3 Å². The van der Waals surface area contributed by atoms with Gasteiger partial charge in [-0.1, -0.05) is 6.92 Å². The molecule has 19 heavy (non-hydrogen) atoms. The average molecular weight is 264 g/mol. The van der Waals surface area contributed by atoms with Crippen molar-refractivity contribution in [2.75, 3.05) is 6.54 Å². The van der Waals surface area contributed by atoms with Crippen molar-refractivity contribution in [2.24, 2.45) is 11.7 Å². The number of aryl methyl sites for hydroxylation is 1. The zero-order valence-corrected chi connectivity index (χ0v) is 12.0. The zero-order chi connectivity index (χ0) is 14.0. The van der Waals surface area contributed by atoms with Gasteiger partial charge in [0.1, 0.15) is 0 Å². The van der Waals surface area contributed by atoms with E-state index in [-0.39, 0.29) is 17.9 Å². The lowest BCUT2D eigenvalue weighted by atomic mass is 9.93. The number of rotatable bonds is 4. The number of hydrogen-bond acceptors (Lipinski definition) is 3. The van der Waals surface area contributed by atoms with Gasteiger partial charge in [0.15, 0.2) is 0 Å². The third-order valence-electron chi connectivity index (χ3n) is 3.77. The van der Waals surface area contributed by atoms with Crippen LogP contribution >= 0.6 is 0 Å². The molecule has 1 aromatic heterocycles. The summed E-state index contributed by atoms with van der Waals surface area (Å²) < 4.78 is 2.01. The fourth-order valence-corrected chi connectivity index (χ4v) is 2.35. The Morgan fingerprint density at radius 1 is 1.58 bits per heavy atom. The Bertz CT molecular complexity index is 452. The van der Waals surface area contributed by atoms with Gasteiger partial charge in [0, 0.05) is 37.2 Å². The lowest BCUT2D eigenvalue weighted by Crippen LogP contribution is -2.42. The van der Waals surface area contributed by atoms with Crippen molar-refractivity contribution >= 4 is 5.91 Å². The van der Waals surface area contributed by atoms with E-state index in [0.717, 1.165) is 25.0 Å². The van der Waals surface area contributed by atoms with E-state index in [1.807, 2.05) is 11.6 Å². The minimum absolute atomic E-state index is 0.0549. The summed E-state index contributed by atoms with van der Waals surface area (Å²) >= 11 is 0. The van der Waals surface area contributed by atoms with E-state index < -0.39 is 0 Å². The molecule has 1 aromatic rings. The quantitative estimate of drug-likeness (QED) is 0.853. The van der Waals surface area contributed by atoms with Crippen LogP contribution in [0.5, 0.6) is 0 Å². The number of hydrogen-bond donors (Lipinski definition) is 2. The Morgan fingerprint density at radius 3 is 2.95 bits per heavy atom. The molecule has 3 N–H and O–H groups in total. The van der Waals surface area contributed by atoms with Crippen molar-refractivity contribution in [3.8, 4) is 0 Å². The molecule has 0 fully saturated rings. The summed E-state index contributed by atoms with van der Waals surface area (Å²) in [6.45, 7) is 6.50. The Kier molecular flexibility index (Phi) is 4.24. The number of nitrogens with zero attached hydrogens (tertiary/aromatic N) is 2. The first kappa shape index (κ1) is 14.1. The maximum absolute atomic E-state index is 11.9. The second-order valence-corrected chi connectivity index (χ2v) is 5.76. The first-order chi connectivity index (χ1) is 9.01. The molecule has 0 aliphatic heterocycles. The van der Waals surface area contributed by atoms with E-state index >= 15 is 0 Å². The van der Waals surface area contributed by atoms with E-state index in [4.69, 9.17) is 5.73 Å². The summed E-state index contributed by atoms with van der Waals surface area (Å²) in [5, 5.41) is 7.69. The fourth-order valence-electron chi connectivity index (χ4n) is 2.35. The molecule has 0 bridgehead atoms. The summed E-state index contributed by atoms with van der Waals surface area (Å²) in [5.74, 6) is -0.0612. The van der Waals surface area contributed by atoms with Crippen molar-refractivity contribution in [3.63, 3.8) is 0 Å². The second kappa shape index (κ2) is 5.74. The Morgan fingerprint density at radius 2 is 2.32 bits per heavy atom. The van der Waals surface area contributed by atoms with Crippen molar-refractivity contribution in [2.45, 2.75) is 52.1 Å². The summed E-state index contributed by atoms with van der Waals surface area (Å²) in [5.41, 5.74) is 7.97. The summed E-state index contributed by atoms with van der Waals surface area (Å²) in [4.78, 5) is 11.9. The van der Waals surface area contributed by atoms with Gasteiger partial charge in [0.25, 0.3) is 0 Å². The van der Waals surface area contributed by atoms with E-state index in [9.17, 15) is 4.79 Å². The predicted octanol–water partition coefficient (Wildman–Crippen LogP) is 1.03. The highest BCUT2D eigenvalue weighted by Crippen LogP contribution is 2.21. The molecular weight excluding hydrogens is 240 g/mol. The van der Waals surface area contributed by atoms with Gasteiger partial charge in [0.2, 0.25) is 5.91 Å². The van der Waals surface area contributed by atoms with Gasteiger partial charge >= 0.3 is 0 Å². The molecule has 2 unspecified atom stereocenters. The summed E-state index contributed by atoms with van der Waals surface area (Å²) in [6, 6.07) is 0.584. The topological polar surface area (TPSA) is 72.9 Å². The standard InChI is InChI=1S/C14H24N4O/c1-9(2)18-8-11-4-5-12(6-13(11)17-18)16-14(19)10(3)7-15/h8-10,12H,4-7,15H2,1-3H3,(H,16,19). The van der Waals surface area contributed by atoms with Crippen molar-refractivity contribution < 1.29 is 4.79 Å². The van der Waals surface area contributed by atoms with Gasteiger partial charge in [-0.25, -0.2) is 0 Å². The van der Waals surface area contributed by atoms with Gasteiger partial charge in [0.05, 0.1) is 5.69 Å². The molecule has 2 rings (SSSR count). The smallest absolute Gasteiger partial charge is 0.224 e. The maximum atomic E-state index is 11.9. The minimum Gasteiger partial charge on any atom is -0.353 e. The van der Waals surface area contributed by atoms with Crippen molar-refractivity contribution in [3.05, 3.63) is 17.5 Å². The second-order valence-electron chi connectivity index (χ2n) is 5.76.